The number of fused-ring (bicyclic) bond motifs is 2. The number of nitrogens with one attached hydrogen (secondary N) is 1. The summed E-state index contributed by atoms with van der Waals surface area (Å²) in [4.78, 5) is 26.5. The number of nitrogens with zero attached hydrogens (tertiary/aromatic N) is 1. The topological polar surface area (TPSA) is 49.4 Å². The van der Waals surface area contributed by atoms with Gasteiger partial charge in [-0.05, 0) is 35.0 Å². The minimum atomic E-state index is -4.74. The number of carbonyl (C=O) groups excluding carboxylic acids is 2. The largest absolute Gasteiger partial charge is 0.409 e. The van der Waals surface area contributed by atoms with Gasteiger partial charge in [0.15, 0.2) is 0 Å². The molecule has 154 valence electrons. The molecule has 0 bridgehead atoms. The highest BCUT2D eigenvalue weighted by Crippen LogP contribution is 2.38. The first-order valence-corrected chi connectivity index (χ1v) is 10.2. The number of halogens is 3. The van der Waals surface area contributed by atoms with Crippen LogP contribution >= 0.6 is 11.8 Å². The highest BCUT2D eigenvalue weighted by atomic mass is 32.2. The molecule has 0 aliphatic carbocycles. The predicted octanol–water partition coefficient (Wildman–Crippen LogP) is 5.24. The van der Waals surface area contributed by atoms with Crippen molar-refractivity contribution in [3.8, 4) is 0 Å². The zero-order valence-corrected chi connectivity index (χ0v) is 16.5. The van der Waals surface area contributed by atoms with Gasteiger partial charge in [-0.3, -0.25) is 14.5 Å². The Labute approximate surface area is 175 Å². The Morgan fingerprint density at radius 3 is 2.50 bits per heavy atom. The van der Waals surface area contributed by atoms with E-state index in [1.165, 1.54) is 23.9 Å². The quantitative estimate of drug-likeness (QED) is 0.579. The Morgan fingerprint density at radius 1 is 1.03 bits per heavy atom. The molecule has 1 heterocycles. The third-order valence-corrected chi connectivity index (χ3v) is 5.84. The third kappa shape index (κ3) is 4.14. The number of amides is 2. The molecule has 0 fully saturated rings. The summed E-state index contributed by atoms with van der Waals surface area (Å²) in [6.45, 7) is 0. The highest BCUT2D eigenvalue weighted by Gasteiger charge is 2.48. The van der Waals surface area contributed by atoms with E-state index in [-0.39, 0.29) is 17.1 Å². The Kier molecular flexibility index (Phi) is 5.42. The molecule has 30 heavy (non-hydrogen) atoms. The summed E-state index contributed by atoms with van der Waals surface area (Å²) in [6, 6.07) is 17.2. The van der Waals surface area contributed by atoms with Crippen LogP contribution in [0.25, 0.3) is 10.8 Å². The van der Waals surface area contributed by atoms with Gasteiger partial charge in [0.2, 0.25) is 11.8 Å². The molecule has 0 radical (unpaired) electrons. The highest BCUT2D eigenvalue weighted by molar-refractivity contribution is 8.00. The van der Waals surface area contributed by atoms with E-state index in [0.717, 1.165) is 15.7 Å². The third-order valence-electron chi connectivity index (χ3n) is 4.86. The van der Waals surface area contributed by atoms with Crippen LogP contribution in [0.5, 0.6) is 0 Å². The van der Waals surface area contributed by atoms with E-state index in [9.17, 15) is 22.8 Å². The molecule has 2 amide bonds. The second kappa shape index (κ2) is 8.02. The van der Waals surface area contributed by atoms with Gasteiger partial charge in [0.25, 0.3) is 0 Å². The first kappa shape index (κ1) is 20.3. The Morgan fingerprint density at radius 2 is 1.73 bits per heavy atom. The molecule has 0 spiro atoms. The van der Waals surface area contributed by atoms with Gasteiger partial charge in [-0.1, -0.05) is 42.5 Å². The number of para-hydroxylation sites is 2. The number of thioether (sulfide) groups is 1. The molecule has 3 aromatic carbocycles. The summed E-state index contributed by atoms with van der Waals surface area (Å²) < 4.78 is 41.3. The van der Waals surface area contributed by atoms with E-state index in [0.29, 0.717) is 4.90 Å². The molecule has 1 aliphatic rings. The van der Waals surface area contributed by atoms with E-state index >= 15 is 0 Å². The van der Waals surface area contributed by atoms with Gasteiger partial charge in [0, 0.05) is 4.90 Å². The van der Waals surface area contributed by atoms with Crippen molar-refractivity contribution in [3.05, 3.63) is 66.7 Å². The van der Waals surface area contributed by atoms with Gasteiger partial charge < -0.3 is 5.32 Å². The maximum atomic E-state index is 13.8. The zero-order valence-electron chi connectivity index (χ0n) is 15.6. The molecular weight excluding hydrogens is 413 g/mol. The van der Waals surface area contributed by atoms with E-state index in [1.54, 1.807) is 12.1 Å². The van der Waals surface area contributed by atoms with Gasteiger partial charge >= 0.3 is 6.18 Å². The molecule has 1 N–H and O–H groups in total. The first-order chi connectivity index (χ1) is 14.3. The van der Waals surface area contributed by atoms with Crippen LogP contribution in [-0.4, -0.2) is 29.8 Å². The molecule has 0 aromatic heterocycles. The van der Waals surface area contributed by atoms with E-state index < -0.39 is 30.5 Å². The van der Waals surface area contributed by atoms with Crippen LogP contribution < -0.4 is 10.2 Å². The van der Waals surface area contributed by atoms with Gasteiger partial charge in [-0.25, -0.2) is 0 Å². The number of hydrogen-bond donors (Lipinski definition) is 1. The molecular formula is C22H17F3N2O2S. The molecule has 1 aliphatic heterocycles. The van der Waals surface area contributed by atoms with E-state index in [4.69, 9.17) is 0 Å². The monoisotopic (exact) mass is 430 g/mol. The van der Waals surface area contributed by atoms with Gasteiger partial charge in [-0.2, -0.15) is 13.2 Å². The molecule has 4 rings (SSSR count). The standard InChI is InChI=1S/C22H17F3N2O2S/c23-22(24,25)19-12-20(28)26-17-7-3-4-8-18(17)27(19)21(29)13-30-16-10-9-14-5-1-2-6-15(14)11-16/h1-11,19H,12-13H2,(H,26,28). The lowest BCUT2D eigenvalue weighted by Gasteiger charge is -2.31. The van der Waals surface area contributed by atoms with Crippen LogP contribution in [0.3, 0.4) is 0 Å². The fourth-order valence-corrected chi connectivity index (χ4v) is 4.27. The number of anilines is 2. The molecule has 0 saturated carbocycles. The van der Waals surface area contributed by atoms with Crippen molar-refractivity contribution in [3.63, 3.8) is 0 Å². The lowest BCUT2D eigenvalue weighted by Crippen LogP contribution is -2.50. The van der Waals surface area contributed by atoms with Gasteiger partial charge in [0.1, 0.15) is 6.04 Å². The molecule has 0 saturated heterocycles. The average Bonchev–Trinajstić information content (AvgIpc) is 2.87. The minimum absolute atomic E-state index is 0.0507. The van der Waals surface area contributed by atoms with Crippen molar-refractivity contribution in [1.82, 2.24) is 0 Å². The lowest BCUT2D eigenvalue weighted by molar-refractivity contribution is -0.157. The summed E-state index contributed by atoms with van der Waals surface area (Å²) in [5, 5.41) is 4.49. The van der Waals surface area contributed by atoms with Crippen LogP contribution in [0.15, 0.2) is 71.6 Å². The van der Waals surface area contributed by atoms with Crippen LogP contribution in [0, 0.1) is 0 Å². The SMILES string of the molecule is O=C1CC(C(F)(F)F)N(C(=O)CSc2ccc3ccccc3c2)c2ccccc2N1. The Hall–Kier alpha value is -3.00. The molecule has 1 atom stereocenters. The number of alkyl halides is 3. The first-order valence-electron chi connectivity index (χ1n) is 9.22. The summed E-state index contributed by atoms with van der Waals surface area (Å²) in [5.41, 5.74) is 0.244. The second-order valence-electron chi connectivity index (χ2n) is 6.89. The summed E-state index contributed by atoms with van der Waals surface area (Å²) in [7, 11) is 0. The molecule has 4 nitrogen and oxygen atoms in total. The fourth-order valence-electron chi connectivity index (χ4n) is 3.47. The number of carbonyl (C=O) groups is 2. The average molecular weight is 430 g/mol. The van der Waals surface area contributed by atoms with Crippen molar-refractivity contribution >= 4 is 45.7 Å². The van der Waals surface area contributed by atoms with Crippen molar-refractivity contribution in [2.75, 3.05) is 16.0 Å². The summed E-state index contributed by atoms with van der Waals surface area (Å²) in [5.74, 6) is -1.67. The maximum absolute atomic E-state index is 13.8. The predicted molar refractivity (Wildman–Crippen MR) is 112 cm³/mol. The Bertz CT molecular complexity index is 1120. The molecule has 8 heteroatoms. The fraction of sp³-hybridized carbons (Fsp3) is 0.182. The Balaban J connectivity index is 1.63. The van der Waals surface area contributed by atoms with Crippen molar-refractivity contribution < 1.29 is 22.8 Å². The number of benzene rings is 3. The van der Waals surface area contributed by atoms with Crippen LogP contribution in [0.4, 0.5) is 24.5 Å². The van der Waals surface area contributed by atoms with Gasteiger partial charge in [-0.15, -0.1) is 11.8 Å². The maximum Gasteiger partial charge on any atom is 0.409 e. The van der Waals surface area contributed by atoms with Crippen LogP contribution in [-0.2, 0) is 9.59 Å². The molecule has 3 aromatic rings. The lowest BCUT2D eigenvalue weighted by atomic mass is 10.1. The van der Waals surface area contributed by atoms with Crippen molar-refractivity contribution in [2.24, 2.45) is 0 Å². The second-order valence-corrected chi connectivity index (χ2v) is 7.94. The number of rotatable bonds is 3. The van der Waals surface area contributed by atoms with Crippen LogP contribution in [0.2, 0.25) is 0 Å². The van der Waals surface area contributed by atoms with E-state index in [2.05, 4.69) is 5.32 Å². The normalized spacial score (nSPS) is 16.7. The van der Waals surface area contributed by atoms with Crippen molar-refractivity contribution in [2.45, 2.75) is 23.5 Å². The molecule has 1 unspecified atom stereocenters. The van der Waals surface area contributed by atoms with E-state index in [1.807, 2.05) is 42.5 Å². The summed E-state index contributed by atoms with van der Waals surface area (Å²) >= 11 is 1.17. The number of hydrogen-bond acceptors (Lipinski definition) is 3. The van der Waals surface area contributed by atoms with Crippen LogP contribution in [0.1, 0.15) is 6.42 Å². The van der Waals surface area contributed by atoms with Crippen molar-refractivity contribution in [1.29, 1.82) is 0 Å². The smallest absolute Gasteiger partial charge is 0.324 e. The van der Waals surface area contributed by atoms with Gasteiger partial charge in [0.05, 0.1) is 23.5 Å². The summed E-state index contributed by atoms with van der Waals surface area (Å²) in [6.07, 6.45) is -5.58. The zero-order chi connectivity index (χ0) is 21.3. The minimum Gasteiger partial charge on any atom is -0.324 e.